The summed E-state index contributed by atoms with van der Waals surface area (Å²) in [5.74, 6) is 0.699. The highest BCUT2D eigenvalue weighted by atomic mass is 32.1. The van der Waals surface area contributed by atoms with E-state index in [0.29, 0.717) is 12.0 Å². The van der Waals surface area contributed by atoms with E-state index in [2.05, 4.69) is 30.6 Å². The second-order valence-corrected chi connectivity index (χ2v) is 5.52. The Morgan fingerprint density at radius 3 is 3.19 bits per heavy atom. The van der Waals surface area contributed by atoms with Crippen molar-refractivity contribution in [3.05, 3.63) is 21.9 Å². The molecule has 2 rings (SSSR count). The molecule has 3 heteroatoms. The van der Waals surface area contributed by atoms with Crippen LogP contribution in [0.3, 0.4) is 0 Å². The van der Waals surface area contributed by atoms with Gasteiger partial charge in [-0.1, -0.05) is 6.92 Å². The van der Waals surface area contributed by atoms with Crippen LogP contribution >= 0.6 is 11.3 Å². The van der Waals surface area contributed by atoms with Crippen molar-refractivity contribution in [2.45, 2.75) is 39.3 Å². The molecule has 0 bridgehead atoms. The van der Waals surface area contributed by atoms with Gasteiger partial charge in [0.2, 0.25) is 0 Å². The molecule has 0 saturated carbocycles. The van der Waals surface area contributed by atoms with Gasteiger partial charge in [-0.3, -0.25) is 0 Å². The molecule has 1 fully saturated rings. The molecule has 1 aromatic heterocycles. The van der Waals surface area contributed by atoms with E-state index in [1.165, 1.54) is 16.9 Å². The molecular formula is C13H21NOS. The molecule has 90 valence electrons. The smallest absolute Gasteiger partial charge is 0.0509 e. The molecule has 0 aromatic carbocycles. The Labute approximate surface area is 102 Å². The zero-order valence-corrected chi connectivity index (χ0v) is 11.0. The van der Waals surface area contributed by atoms with Crippen molar-refractivity contribution >= 4 is 11.3 Å². The second kappa shape index (κ2) is 5.80. The molecule has 1 N–H and O–H groups in total. The third-order valence-corrected chi connectivity index (χ3v) is 4.44. The van der Waals surface area contributed by atoms with Crippen molar-refractivity contribution in [1.82, 2.24) is 5.32 Å². The number of hydrogen-bond donors (Lipinski definition) is 1. The van der Waals surface area contributed by atoms with Crippen LogP contribution in [0.2, 0.25) is 0 Å². The summed E-state index contributed by atoms with van der Waals surface area (Å²) in [4.78, 5) is 1.49. The number of hydrogen-bond acceptors (Lipinski definition) is 3. The van der Waals surface area contributed by atoms with Crippen molar-refractivity contribution in [1.29, 1.82) is 0 Å². The molecule has 1 aromatic rings. The Hall–Kier alpha value is -0.380. The minimum Gasteiger partial charge on any atom is -0.381 e. The largest absolute Gasteiger partial charge is 0.381 e. The number of thiophene rings is 1. The van der Waals surface area contributed by atoms with Gasteiger partial charge >= 0.3 is 0 Å². The minimum absolute atomic E-state index is 0.564. The molecule has 16 heavy (non-hydrogen) atoms. The van der Waals surface area contributed by atoms with Gasteiger partial charge in [0.1, 0.15) is 0 Å². The molecular weight excluding hydrogens is 218 g/mol. The summed E-state index contributed by atoms with van der Waals surface area (Å²) >= 11 is 1.86. The van der Waals surface area contributed by atoms with Crippen LogP contribution in [0, 0.1) is 5.92 Å². The molecule has 2 nitrogen and oxygen atoms in total. The fourth-order valence-electron chi connectivity index (χ4n) is 2.20. The third-order valence-electron chi connectivity index (χ3n) is 3.48. The Bertz CT molecular complexity index is 317. The van der Waals surface area contributed by atoms with Gasteiger partial charge in [-0.25, -0.2) is 0 Å². The number of nitrogens with one attached hydrogen (secondary N) is 1. The van der Waals surface area contributed by atoms with Crippen LogP contribution in [0.1, 0.15) is 30.7 Å². The van der Waals surface area contributed by atoms with Crippen LogP contribution in [0.5, 0.6) is 0 Å². The van der Waals surface area contributed by atoms with Gasteiger partial charge in [0.25, 0.3) is 0 Å². The molecule has 2 heterocycles. The van der Waals surface area contributed by atoms with E-state index < -0.39 is 0 Å². The summed E-state index contributed by atoms with van der Waals surface area (Å²) in [7, 11) is 0. The fourth-order valence-corrected chi connectivity index (χ4v) is 3.13. The molecule has 0 amide bonds. The zero-order valence-electron chi connectivity index (χ0n) is 10.2. The predicted octanol–water partition coefficient (Wildman–Crippen LogP) is 2.83. The predicted molar refractivity (Wildman–Crippen MR) is 68.9 cm³/mol. The quantitative estimate of drug-likeness (QED) is 0.853. The lowest BCUT2D eigenvalue weighted by Crippen LogP contribution is -2.33. The maximum Gasteiger partial charge on any atom is 0.0509 e. The molecule has 1 aliphatic rings. The highest BCUT2D eigenvalue weighted by Crippen LogP contribution is 2.20. The van der Waals surface area contributed by atoms with Crippen LogP contribution in [0.15, 0.2) is 11.4 Å². The van der Waals surface area contributed by atoms with Gasteiger partial charge in [0.05, 0.1) is 6.61 Å². The van der Waals surface area contributed by atoms with E-state index in [4.69, 9.17) is 4.74 Å². The number of ether oxygens (including phenoxy) is 1. The van der Waals surface area contributed by atoms with E-state index in [9.17, 15) is 0 Å². The van der Waals surface area contributed by atoms with Crippen molar-refractivity contribution in [2.75, 3.05) is 13.2 Å². The average Bonchev–Trinajstić information content (AvgIpc) is 2.96. The highest BCUT2D eigenvalue weighted by Gasteiger charge is 2.21. The van der Waals surface area contributed by atoms with Crippen LogP contribution in [-0.4, -0.2) is 19.3 Å². The topological polar surface area (TPSA) is 21.3 Å². The lowest BCUT2D eigenvalue weighted by Gasteiger charge is -2.19. The first-order valence-corrected chi connectivity index (χ1v) is 7.05. The normalized spacial score (nSPS) is 22.5. The van der Waals surface area contributed by atoms with Crippen LogP contribution in [0.4, 0.5) is 0 Å². The van der Waals surface area contributed by atoms with Gasteiger partial charge < -0.3 is 10.1 Å². The lowest BCUT2D eigenvalue weighted by atomic mass is 10.0. The van der Waals surface area contributed by atoms with Crippen LogP contribution in [-0.2, 0) is 17.7 Å². The maximum atomic E-state index is 5.42. The summed E-state index contributed by atoms with van der Waals surface area (Å²) < 4.78 is 5.42. The molecule has 1 saturated heterocycles. The van der Waals surface area contributed by atoms with Gasteiger partial charge in [-0.2, -0.15) is 0 Å². The van der Waals surface area contributed by atoms with Gasteiger partial charge in [-0.05, 0) is 42.7 Å². The lowest BCUT2D eigenvalue weighted by molar-refractivity contribution is 0.178. The summed E-state index contributed by atoms with van der Waals surface area (Å²) in [6.07, 6.45) is 2.35. The minimum atomic E-state index is 0.564. The van der Waals surface area contributed by atoms with E-state index in [-0.39, 0.29) is 0 Å². The first-order chi connectivity index (χ1) is 7.81. The monoisotopic (exact) mass is 239 g/mol. The second-order valence-electron chi connectivity index (χ2n) is 4.52. The van der Waals surface area contributed by atoms with E-state index in [1.807, 2.05) is 11.3 Å². The van der Waals surface area contributed by atoms with Crippen LogP contribution < -0.4 is 5.32 Å². The van der Waals surface area contributed by atoms with E-state index in [0.717, 1.165) is 26.2 Å². The van der Waals surface area contributed by atoms with E-state index in [1.54, 1.807) is 0 Å². The molecule has 1 aliphatic heterocycles. The van der Waals surface area contributed by atoms with Crippen LogP contribution in [0.25, 0.3) is 0 Å². The molecule has 0 radical (unpaired) electrons. The van der Waals surface area contributed by atoms with Crippen molar-refractivity contribution < 1.29 is 4.74 Å². The molecule has 2 unspecified atom stereocenters. The summed E-state index contributed by atoms with van der Waals surface area (Å²) in [5, 5.41) is 5.83. The molecule has 0 spiro atoms. The van der Waals surface area contributed by atoms with E-state index >= 15 is 0 Å². The fraction of sp³-hybridized carbons (Fsp3) is 0.692. The number of rotatable bonds is 5. The zero-order chi connectivity index (χ0) is 11.4. The van der Waals surface area contributed by atoms with Gasteiger partial charge in [0.15, 0.2) is 0 Å². The van der Waals surface area contributed by atoms with Crippen molar-refractivity contribution in [2.24, 2.45) is 5.92 Å². The summed E-state index contributed by atoms with van der Waals surface area (Å²) in [5.41, 5.74) is 1.49. The maximum absolute atomic E-state index is 5.42. The van der Waals surface area contributed by atoms with Gasteiger partial charge in [0, 0.05) is 24.1 Å². The SMILES string of the molecule is CCc1ccsc1CNC(C)C1CCOC1. The Kier molecular flexibility index (Phi) is 4.38. The standard InChI is InChI=1S/C13H21NOS/c1-3-11-5-7-16-13(11)8-14-10(2)12-4-6-15-9-12/h5,7,10,12,14H,3-4,6,8-9H2,1-2H3. The first-order valence-electron chi connectivity index (χ1n) is 6.17. The van der Waals surface area contributed by atoms with Crippen molar-refractivity contribution in [3.63, 3.8) is 0 Å². The Morgan fingerprint density at radius 1 is 1.62 bits per heavy atom. The first kappa shape index (κ1) is 12.1. The summed E-state index contributed by atoms with van der Waals surface area (Å²) in [6, 6.07) is 2.81. The van der Waals surface area contributed by atoms with Crippen molar-refractivity contribution in [3.8, 4) is 0 Å². The Morgan fingerprint density at radius 2 is 2.50 bits per heavy atom. The highest BCUT2D eigenvalue weighted by molar-refractivity contribution is 7.10. The average molecular weight is 239 g/mol. The molecule has 0 aliphatic carbocycles. The van der Waals surface area contributed by atoms with Gasteiger partial charge in [-0.15, -0.1) is 11.3 Å². The Balaban J connectivity index is 1.82. The molecule has 2 atom stereocenters. The third kappa shape index (κ3) is 2.84. The number of aryl methyl sites for hydroxylation is 1. The summed E-state index contributed by atoms with van der Waals surface area (Å²) in [6.45, 7) is 7.38.